The topological polar surface area (TPSA) is 66.6 Å². The summed E-state index contributed by atoms with van der Waals surface area (Å²) in [4.78, 5) is 28.4. The summed E-state index contributed by atoms with van der Waals surface area (Å²) in [6.07, 6.45) is 2.41. The van der Waals surface area contributed by atoms with Gasteiger partial charge in [-0.3, -0.25) is 9.59 Å². The molecule has 1 spiro atoms. The maximum Gasteiger partial charge on any atom is 0.230 e. The number of benzene rings is 1. The number of hydrogen-bond donors (Lipinski definition) is 1. The molecule has 2 saturated heterocycles. The van der Waals surface area contributed by atoms with Gasteiger partial charge in [0.05, 0.1) is 5.41 Å². The first-order valence-electron chi connectivity index (χ1n) is 8.67. The van der Waals surface area contributed by atoms with E-state index in [1.165, 1.54) is 12.1 Å². The Morgan fingerprint density at radius 1 is 1.24 bits per heavy atom. The number of amides is 2. The van der Waals surface area contributed by atoms with E-state index in [0.717, 1.165) is 18.9 Å². The zero-order valence-corrected chi connectivity index (χ0v) is 14.1. The van der Waals surface area contributed by atoms with Crippen LogP contribution in [0.1, 0.15) is 31.2 Å². The molecule has 2 amide bonds. The molecule has 2 N–H and O–H groups in total. The summed E-state index contributed by atoms with van der Waals surface area (Å²) in [5.41, 5.74) is 5.03. The molecule has 0 bridgehead atoms. The van der Waals surface area contributed by atoms with Crippen LogP contribution >= 0.6 is 0 Å². The molecule has 0 unspecified atom stereocenters. The summed E-state index contributed by atoms with van der Waals surface area (Å²) < 4.78 is 27.3. The highest BCUT2D eigenvalue weighted by Crippen LogP contribution is 2.40. The first-order chi connectivity index (χ1) is 12.0. The van der Waals surface area contributed by atoms with Crippen molar-refractivity contribution in [1.29, 1.82) is 0 Å². The third-order valence-corrected chi connectivity index (χ3v) is 5.28. The van der Waals surface area contributed by atoms with Crippen molar-refractivity contribution in [1.82, 2.24) is 9.80 Å². The van der Waals surface area contributed by atoms with Gasteiger partial charge in [-0.15, -0.1) is 0 Å². The molecule has 0 aliphatic carbocycles. The Kier molecular flexibility index (Phi) is 5.03. The maximum absolute atomic E-state index is 13.9. The van der Waals surface area contributed by atoms with Gasteiger partial charge < -0.3 is 15.5 Å². The van der Waals surface area contributed by atoms with E-state index in [2.05, 4.69) is 0 Å². The fourth-order valence-electron chi connectivity index (χ4n) is 3.92. The smallest absolute Gasteiger partial charge is 0.230 e. The van der Waals surface area contributed by atoms with E-state index in [1.807, 2.05) is 0 Å². The maximum atomic E-state index is 13.9. The van der Waals surface area contributed by atoms with Crippen LogP contribution in [0.2, 0.25) is 0 Å². The first kappa shape index (κ1) is 17.8. The van der Waals surface area contributed by atoms with Crippen LogP contribution in [0.15, 0.2) is 18.2 Å². The number of carbonyl (C=O) groups excluding carboxylic acids is 2. The first-order valence-corrected chi connectivity index (χ1v) is 8.67. The zero-order valence-electron chi connectivity index (χ0n) is 14.1. The fraction of sp³-hybridized carbons (Fsp3) is 0.556. The number of rotatable bonds is 4. The lowest BCUT2D eigenvalue weighted by molar-refractivity contribution is -0.146. The average molecular weight is 351 g/mol. The van der Waals surface area contributed by atoms with Crippen molar-refractivity contribution in [2.45, 2.75) is 32.2 Å². The second-order valence-electron chi connectivity index (χ2n) is 6.93. The predicted octanol–water partition coefficient (Wildman–Crippen LogP) is 1.65. The number of halogens is 2. The Balaban J connectivity index is 1.73. The minimum Gasteiger partial charge on any atom is -0.342 e. The number of hydrogen-bond acceptors (Lipinski definition) is 3. The van der Waals surface area contributed by atoms with Crippen molar-refractivity contribution >= 4 is 11.8 Å². The average Bonchev–Trinajstić information content (AvgIpc) is 3.02. The van der Waals surface area contributed by atoms with Gasteiger partial charge in [0.15, 0.2) is 11.6 Å². The quantitative estimate of drug-likeness (QED) is 0.897. The summed E-state index contributed by atoms with van der Waals surface area (Å²) >= 11 is 0. The number of piperidine rings is 1. The summed E-state index contributed by atoms with van der Waals surface area (Å²) in [6.45, 7) is 1.81. The van der Waals surface area contributed by atoms with E-state index in [1.54, 1.807) is 9.80 Å². The number of nitrogens with two attached hydrogens (primary N) is 1. The molecule has 5 nitrogen and oxygen atoms in total. The van der Waals surface area contributed by atoms with Crippen LogP contribution in [0.5, 0.6) is 0 Å². The Bertz CT molecular complexity index is 682. The van der Waals surface area contributed by atoms with Gasteiger partial charge in [-0.05, 0) is 25.3 Å². The van der Waals surface area contributed by atoms with Crippen LogP contribution in [0, 0.1) is 17.0 Å². The summed E-state index contributed by atoms with van der Waals surface area (Å²) in [5.74, 6) is -1.90. The van der Waals surface area contributed by atoms with Crippen LogP contribution in [0.3, 0.4) is 0 Å². The number of likely N-dealkylation sites (tertiary alicyclic amines) is 2. The van der Waals surface area contributed by atoms with Gasteiger partial charge in [0.1, 0.15) is 0 Å². The minimum atomic E-state index is -0.906. The largest absolute Gasteiger partial charge is 0.342 e. The molecule has 0 saturated carbocycles. The Morgan fingerprint density at radius 2 is 2.04 bits per heavy atom. The third kappa shape index (κ3) is 3.38. The Hall–Kier alpha value is -2.02. The molecular weight excluding hydrogens is 328 g/mol. The molecule has 1 aromatic carbocycles. The van der Waals surface area contributed by atoms with Crippen molar-refractivity contribution in [3.05, 3.63) is 35.4 Å². The van der Waals surface area contributed by atoms with E-state index < -0.39 is 17.0 Å². The van der Waals surface area contributed by atoms with Crippen LogP contribution < -0.4 is 5.73 Å². The van der Waals surface area contributed by atoms with Gasteiger partial charge in [-0.25, -0.2) is 8.78 Å². The highest BCUT2D eigenvalue weighted by molar-refractivity contribution is 5.86. The second-order valence-corrected chi connectivity index (χ2v) is 6.93. The van der Waals surface area contributed by atoms with Gasteiger partial charge in [0.25, 0.3) is 0 Å². The molecule has 1 atom stereocenters. The van der Waals surface area contributed by atoms with Crippen LogP contribution in [-0.2, 0) is 16.1 Å². The highest BCUT2D eigenvalue weighted by Gasteiger charge is 2.49. The highest BCUT2D eigenvalue weighted by atomic mass is 19.2. The lowest BCUT2D eigenvalue weighted by atomic mass is 9.78. The molecule has 25 heavy (non-hydrogen) atoms. The SMILES string of the molecule is NCCC(=O)N1CC[C@]2(CCCN(Cc3cccc(F)c3F)C2=O)C1. The fourth-order valence-corrected chi connectivity index (χ4v) is 3.92. The molecule has 2 fully saturated rings. The molecule has 7 heteroatoms. The molecule has 3 rings (SSSR count). The van der Waals surface area contributed by atoms with Gasteiger partial charge >= 0.3 is 0 Å². The standard InChI is InChI=1S/C18H23F2N3O2/c19-14-4-1-3-13(16(14)20)11-22-9-2-6-18(17(22)25)7-10-23(12-18)15(24)5-8-21/h1,3-4H,2,5-12,21H2/t18-/m1/s1. The van der Waals surface area contributed by atoms with Crippen molar-refractivity contribution in [2.24, 2.45) is 11.1 Å². The molecule has 136 valence electrons. The van der Waals surface area contributed by atoms with Crippen LogP contribution in [-0.4, -0.2) is 47.8 Å². The normalized spacial score (nSPS) is 23.6. The molecule has 2 aliphatic rings. The van der Waals surface area contributed by atoms with E-state index in [0.29, 0.717) is 32.6 Å². The predicted molar refractivity (Wildman–Crippen MR) is 88.3 cm³/mol. The molecule has 0 radical (unpaired) electrons. The van der Waals surface area contributed by atoms with Crippen LogP contribution in [0.4, 0.5) is 8.78 Å². The second kappa shape index (κ2) is 7.07. The lowest BCUT2D eigenvalue weighted by Gasteiger charge is -2.39. The molecular formula is C18H23F2N3O2. The molecule has 2 heterocycles. The van der Waals surface area contributed by atoms with Crippen molar-refractivity contribution < 1.29 is 18.4 Å². The third-order valence-electron chi connectivity index (χ3n) is 5.28. The van der Waals surface area contributed by atoms with E-state index >= 15 is 0 Å². The Morgan fingerprint density at radius 3 is 2.80 bits per heavy atom. The molecule has 1 aromatic rings. The van der Waals surface area contributed by atoms with Crippen molar-refractivity contribution in [3.63, 3.8) is 0 Å². The summed E-state index contributed by atoms with van der Waals surface area (Å²) in [6, 6.07) is 4.01. The van der Waals surface area contributed by atoms with E-state index in [4.69, 9.17) is 5.73 Å². The zero-order chi connectivity index (χ0) is 18.0. The lowest BCUT2D eigenvalue weighted by Crippen LogP contribution is -2.50. The van der Waals surface area contributed by atoms with Gasteiger partial charge in [0.2, 0.25) is 11.8 Å². The number of nitrogens with zero attached hydrogens (tertiary/aromatic N) is 2. The number of carbonyl (C=O) groups is 2. The minimum absolute atomic E-state index is 0.0273. The summed E-state index contributed by atoms with van der Waals surface area (Å²) in [5, 5.41) is 0. The van der Waals surface area contributed by atoms with E-state index in [-0.39, 0.29) is 30.3 Å². The van der Waals surface area contributed by atoms with Crippen molar-refractivity contribution in [2.75, 3.05) is 26.2 Å². The van der Waals surface area contributed by atoms with Gasteiger partial charge in [0, 0.05) is 44.7 Å². The Labute approximate surface area is 145 Å². The van der Waals surface area contributed by atoms with Gasteiger partial charge in [-0.1, -0.05) is 12.1 Å². The van der Waals surface area contributed by atoms with Crippen LogP contribution in [0.25, 0.3) is 0 Å². The van der Waals surface area contributed by atoms with Crippen molar-refractivity contribution in [3.8, 4) is 0 Å². The van der Waals surface area contributed by atoms with E-state index in [9.17, 15) is 18.4 Å². The van der Waals surface area contributed by atoms with Gasteiger partial charge in [-0.2, -0.15) is 0 Å². The summed E-state index contributed by atoms with van der Waals surface area (Å²) in [7, 11) is 0. The molecule has 2 aliphatic heterocycles. The molecule has 0 aromatic heterocycles. The monoisotopic (exact) mass is 351 g/mol.